The van der Waals surface area contributed by atoms with E-state index in [1.54, 1.807) is 0 Å². The highest BCUT2D eigenvalue weighted by Crippen LogP contribution is 2.18. The Kier molecular flexibility index (Phi) is 3.17. The van der Waals surface area contributed by atoms with Crippen LogP contribution >= 0.6 is 0 Å². The first-order valence-corrected chi connectivity index (χ1v) is 5.74. The summed E-state index contributed by atoms with van der Waals surface area (Å²) >= 11 is 0. The van der Waals surface area contributed by atoms with Gasteiger partial charge in [-0.3, -0.25) is 9.59 Å². The predicted octanol–water partition coefficient (Wildman–Crippen LogP) is -0.172. The van der Waals surface area contributed by atoms with Crippen molar-refractivity contribution in [2.24, 2.45) is 5.92 Å². The molecule has 1 saturated heterocycles. The number of hydrogen-bond donors (Lipinski definition) is 1. The highest BCUT2D eigenvalue weighted by Gasteiger charge is 2.45. The molecule has 4 heteroatoms. The first-order chi connectivity index (χ1) is 7.20. The second-order valence-electron chi connectivity index (χ2n) is 4.50. The molecule has 0 bridgehead atoms. The molecule has 0 aromatic heterocycles. The van der Waals surface area contributed by atoms with Crippen molar-refractivity contribution in [3.63, 3.8) is 0 Å². The summed E-state index contributed by atoms with van der Waals surface area (Å²) in [5.74, 6) is -0.561. The number of nitrogens with zero attached hydrogens (tertiary/aromatic N) is 1. The normalized spacial score (nSPS) is 32.1. The predicted molar refractivity (Wildman–Crippen MR) is 56.6 cm³/mol. The molecule has 1 N–H and O–H groups in total. The van der Waals surface area contributed by atoms with Gasteiger partial charge in [-0.15, -0.1) is 0 Å². The SMILES string of the molecule is CC1C(=O)C(=O)C1NCCN1CCCC1. The summed E-state index contributed by atoms with van der Waals surface area (Å²) in [6, 6.07) is -0.208. The van der Waals surface area contributed by atoms with Crippen LogP contribution < -0.4 is 5.32 Å². The van der Waals surface area contributed by atoms with Gasteiger partial charge < -0.3 is 10.2 Å². The molecule has 0 spiro atoms. The monoisotopic (exact) mass is 210 g/mol. The van der Waals surface area contributed by atoms with E-state index >= 15 is 0 Å². The lowest BCUT2D eigenvalue weighted by Crippen LogP contribution is -2.59. The molecule has 2 fully saturated rings. The number of carbonyl (C=O) groups is 2. The Hall–Kier alpha value is -0.740. The van der Waals surface area contributed by atoms with Crippen LogP contribution in [-0.4, -0.2) is 48.7 Å². The largest absolute Gasteiger partial charge is 0.305 e. The zero-order valence-corrected chi connectivity index (χ0v) is 9.16. The number of hydrogen-bond acceptors (Lipinski definition) is 4. The van der Waals surface area contributed by atoms with Crippen LogP contribution in [-0.2, 0) is 9.59 Å². The minimum atomic E-state index is -0.232. The number of nitrogens with one attached hydrogen (secondary N) is 1. The minimum Gasteiger partial charge on any atom is -0.305 e. The van der Waals surface area contributed by atoms with Gasteiger partial charge in [-0.25, -0.2) is 0 Å². The van der Waals surface area contributed by atoms with Crippen LogP contribution in [0.5, 0.6) is 0 Å². The number of likely N-dealkylation sites (tertiary alicyclic amines) is 1. The average molecular weight is 210 g/mol. The summed E-state index contributed by atoms with van der Waals surface area (Å²) in [7, 11) is 0. The topological polar surface area (TPSA) is 49.4 Å². The summed E-state index contributed by atoms with van der Waals surface area (Å²) in [5.41, 5.74) is 0. The summed E-state index contributed by atoms with van der Waals surface area (Å²) in [5, 5.41) is 3.16. The van der Waals surface area contributed by atoms with Crippen LogP contribution in [0.3, 0.4) is 0 Å². The van der Waals surface area contributed by atoms with Gasteiger partial charge >= 0.3 is 0 Å². The van der Waals surface area contributed by atoms with Gasteiger partial charge in [0, 0.05) is 19.0 Å². The molecule has 0 radical (unpaired) electrons. The molecule has 2 unspecified atom stereocenters. The number of carbonyl (C=O) groups excluding carboxylic acids is 2. The summed E-state index contributed by atoms with van der Waals surface area (Å²) in [4.78, 5) is 24.6. The van der Waals surface area contributed by atoms with Crippen LogP contribution in [0.4, 0.5) is 0 Å². The van der Waals surface area contributed by atoms with Crippen molar-refractivity contribution in [1.29, 1.82) is 0 Å². The lowest BCUT2D eigenvalue weighted by molar-refractivity contribution is -0.149. The molecule has 0 aromatic rings. The van der Waals surface area contributed by atoms with Gasteiger partial charge in [0.15, 0.2) is 0 Å². The van der Waals surface area contributed by atoms with E-state index in [4.69, 9.17) is 0 Å². The third-order valence-corrected chi connectivity index (χ3v) is 3.43. The van der Waals surface area contributed by atoms with E-state index < -0.39 is 0 Å². The molecule has 2 rings (SSSR count). The van der Waals surface area contributed by atoms with Crippen molar-refractivity contribution in [3.8, 4) is 0 Å². The minimum absolute atomic E-state index is 0.115. The van der Waals surface area contributed by atoms with Gasteiger partial charge in [0.25, 0.3) is 0 Å². The maximum atomic E-state index is 11.2. The lowest BCUT2D eigenvalue weighted by atomic mass is 9.78. The van der Waals surface area contributed by atoms with Crippen LogP contribution in [0, 0.1) is 5.92 Å². The Morgan fingerprint density at radius 3 is 2.53 bits per heavy atom. The summed E-state index contributed by atoms with van der Waals surface area (Å²) in [6.07, 6.45) is 2.58. The Labute approximate surface area is 90.0 Å². The Balaban J connectivity index is 1.66. The second kappa shape index (κ2) is 4.41. The quantitative estimate of drug-likeness (QED) is 0.654. The van der Waals surface area contributed by atoms with Crippen molar-refractivity contribution in [2.45, 2.75) is 25.8 Å². The van der Waals surface area contributed by atoms with Crippen LogP contribution in [0.1, 0.15) is 19.8 Å². The number of Topliss-reactive ketones (excluding diaryl/α,β-unsaturated/α-hetero) is 2. The molecule has 1 saturated carbocycles. The van der Waals surface area contributed by atoms with Gasteiger partial charge in [-0.1, -0.05) is 6.92 Å². The fraction of sp³-hybridized carbons (Fsp3) is 0.818. The van der Waals surface area contributed by atoms with Gasteiger partial charge in [0.2, 0.25) is 11.6 Å². The smallest absolute Gasteiger partial charge is 0.216 e. The molecule has 4 nitrogen and oxygen atoms in total. The Morgan fingerprint density at radius 1 is 1.27 bits per heavy atom. The van der Waals surface area contributed by atoms with Crippen molar-refractivity contribution in [2.75, 3.05) is 26.2 Å². The maximum absolute atomic E-state index is 11.2. The molecule has 0 aromatic carbocycles. The summed E-state index contributed by atoms with van der Waals surface area (Å²) in [6.45, 7) is 5.97. The van der Waals surface area contributed by atoms with E-state index in [1.807, 2.05) is 6.92 Å². The molecule has 0 amide bonds. The van der Waals surface area contributed by atoms with Gasteiger partial charge in [0.05, 0.1) is 6.04 Å². The average Bonchev–Trinajstić information content (AvgIpc) is 2.75. The lowest BCUT2D eigenvalue weighted by Gasteiger charge is -2.31. The van der Waals surface area contributed by atoms with Crippen LogP contribution in [0.15, 0.2) is 0 Å². The van der Waals surface area contributed by atoms with Crippen molar-refractivity contribution in [3.05, 3.63) is 0 Å². The first kappa shape index (κ1) is 10.8. The number of ketones is 2. The number of rotatable bonds is 4. The van der Waals surface area contributed by atoms with Crippen molar-refractivity contribution in [1.82, 2.24) is 10.2 Å². The molecule has 2 aliphatic rings. The summed E-state index contributed by atoms with van der Waals surface area (Å²) < 4.78 is 0. The van der Waals surface area contributed by atoms with E-state index in [2.05, 4.69) is 10.2 Å². The molecule has 84 valence electrons. The first-order valence-electron chi connectivity index (χ1n) is 5.74. The third-order valence-electron chi connectivity index (χ3n) is 3.43. The van der Waals surface area contributed by atoms with E-state index in [-0.39, 0.29) is 23.5 Å². The van der Waals surface area contributed by atoms with E-state index in [1.165, 1.54) is 25.9 Å². The van der Waals surface area contributed by atoms with Crippen LogP contribution in [0.25, 0.3) is 0 Å². The molecular formula is C11H18N2O2. The van der Waals surface area contributed by atoms with Gasteiger partial charge in [-0.05, 0) is 25.9 Å². The highest BCUT2D eigenvalue weighted by atomic mass is 16.2. The fourth-order valence-corrected chi connectivity index (χ4v) is 2.31. The highest BCUT2D eigenvalue weighted by molar-refractivity contribution is 6.47. The zero-order valence-electron chi connectivity index (χ0n) is 9.16. The van der Waals surface area contributed by atoms with E-state index in [9.17, 15) is 9.59 Å². The molecule has 1 aliphatic heterocycles. The Morgan fingerprint density at radius 2 is 1.93 bits per heavy atom. The zero-order chi connectivity index (χ0) is 10.8. The maximum Gasteiger partial charge on any atom is 0.216 e. The van der Waals surface area contributed by atoms with Crippen molar-refractivity contribution >= 4 is 11.6 Å². The molecule has 2 atom stereocenters. The standard InChI is InChI=1S/C11H18N2O2/c1-8-9(11(15)10(8)14)12-4-7-13-5-2-3-6-13/h8-9,12H,2-7H2,1H3. The van der Waals surface area contributed by atoms with Crippen LogP contribution in [0.2, 0.25) is 0 Å². The second-order valence-corrected chi connectivity index (χ2v) is 4.50. The van der Waals surface area contributed by atoms with E-state index in [0.29, 0.717) is 0 Å². The van der Waals surface area contributed by atoms with Gasteiger partial charge in [0.1, 0.15) is 0 Å². The van der Waals surface area contributed by atoms with E-state index in [0.717, 1.165) is 13.1 Å². The Bertz CT molecular complexity index is 272. The molecular weight excluding hydrogens is 192 g/mol. The molecule has 1 heterocycles. The third kappa shape index (κ3) is 2.11. The van der Waals surface area contributed by atoms with Gasteiger partial charge in [-0.2, -0.15) is 0 Å². The molecule has 1 aliphatic carbocycles. The fourth-order valence-electron chi connectivity index (χ4n) is 2.31. The van der Waals surface area contributed by atoms with Crippen molar-refractivity contribution < 1.29 is 9.59 Å². The molecule has 15 heavy (non-hydrogen) atoms.